The molecule has 1 saturated carbocycles. The monoisotopic (exact) mass is 416 g/mol. The molecule has 2 atom stereocenters. The lowest BCUT2D eigenvalue weighted by atomic mass is 10.1. The lowest BCUT2D eigenvalue weighted by Crippen LogP contribution is -2.39. The fourth-order valence-corrected chi connectivity index (χ4v) is 3.40. The maximum absolute atomic E-state index is 12.0. The molecule has 0 aromatic carbocycles. The number of halogens is 1. The maximum atomic E-state index is 12.0. The number of hydrogen-bond donors (Lipinski definition) is 4. The first-order valence-electron chi connectivity index (χ1n) is 9.61. The Bertz CT molecular complexity index is 627. The largest absolute Gasteiger partial charge is 0.461 e. The normalized spacial score (nSPS) is 24.3. The molecular weight excluding hydrogens is 388 g/mol. The van der Waals surface area contributed by atoms with Gasteiger partial charge in [0.05, 0.1) is 31.1 Å². The van der Waals surface area contributed by atoms with E-state index in [1.165, 1.54) is 0 Å². The highest BCUT2D eigenvalue weighted by Crippen LogP contribution is 2.46. The summed E-state index contributed by atoms with van der Waals surface area (Å²) in [5, 5.41) is 26.0. The molecule has 28 heavy (non-hydrogen) atoms. The molecule has 0 aromatic rings. The molecule has 1 aliphatic carbocycles. The van der Waals surface area contributed by atoms with Gasteiger partial charge in [0.15, 0.2) is 0 Å². The van der Waals surface area contributed by atoms with Crippen LogP contribution < -0.4 is 10.7 Å². The van der Waals surface area contributed by atoms with Crippen LogP contribution in [0.3, 0.4) is 0 Å². The van der Waals surface area contributed by atoms with Gasteiger partial charge < -0.3 is 30.6 Å². The van der Waals surface area contributed by atoms with Crippen LogP contribution in [0, 0.1) is 5.92 Å². The zero-order valence-electron chi connectivity index (χ0n) is 16.1. The standard InChI is InChI=1S/C18H29ClN4O5/c1-2-28-17(26)15(19)22-21-12-18(27)11-13(18)5-4-8-23(9-10-24)14-6-3-7-20-16(14)25/h6,13,21,24,27H,2-5,7-12H2,1H3,(H,20,25)/b22-15-. The number of nitrogens with one attached hydrogen (secondary N) is 2. The molecule has 1 amide bonds. The van der Waals surface area contributed by atoms with Crippen molar-refractivity contribution in [2.24, 2.45) is 11.0 Å². The first-order valence-corrected chi connectivity index (χ1v) is 9.98. The van der Waals surface area contributed by atoms with E-state index in [-0.39, 0.29) is 36.8 Å². The van der Waals surface area contributed by atoms with E-state index in [1.54, 1.807) is 6.92 Å². The Balaban J connectivity index is 1.73. The average Bonchev–Trinajstić information content (AvgIpc) is 3.31. The minimum Gasteiger partial charge on any atom is -0.461 e. The van der Waals surface area contributed by atoms with Gasteiger partial charge in [-0.25, -0.2) is 4.79 Å². The number of carbonyl (C=O) groups excluding carboxylic acids is 2. The third kappa shape index (κ3) is 6.35. The van der Waals surface area contributed by atoms with Gasteiger partial charge >= 0.3 is 5.97 Å². The summed E-state index contributed by atoms with van der Waals surface area (Å²) >= 11 is 5.70. The van der Waals surface area contributed by atoms with Crippen molar-refractivity contribution in [1.29, 1.82) is 0 Å². The number of nitrogens with zero attached hydrogens (tertiary/aromatic N) is 2. The molecule has 1 fully saturated rings. The Kier molecular flexibility index (Phi) is 8.53. The second-order valence-electron chi connectivity index (χ2n) is 6.95. The van der Waals surface area contributed by atoms with E-state index in [4.69, 9.17) is 16.3 Å². The van der Waals surface area contributed by atoms with Gasteiger partial charge in [0, 0.05) is 19.6 Å². The van der Waals surface area contributed by atoms with Gasteiger partial charge in [-0.3, -0.25) is 4.79 Å². The third-order valence-corrected chi connectivity index (χ3v) is 5.14. The molecule has 0 radical (unpaired) electrons. The Morgan fingerprint density at radius 2 is 2.32 bits per heavy atom. The fourth-order valence-electron chi connectivity index (χ4n) is 3.29. The zero-order chi connectivity index (χ0) is 20.6. The second-order valence-corrected chi connectivity index (χ2v) is 7.31. The highest BCUT2D eigenvalue weighted by Gasteiger charge is 2.52. The van der Waals surface area contributed by atoms with Crippen LogP contribution in [-0.2, 0) is 14.3 Å². The lowest BCUT2D eigenvalue weighted by Gasteiger charge is -2.28. The number of aliphatic hydroxyl groups is 2. The summed E-state index contributed by atoms with van der Waals surface area (Å²) in [5.41, 5.74) is 2.36. The number of ether oxygens (including phenoxy) is 1. The van der Waals surface area contributed by atoms with Crippen molar-refractivity contribution < 1.29 is 24.5 Å². The van der Waals surface area contributed by atoms with Crippen LogP contribution in [0.1, 0.15) is 32.6 Å². The van der Waals surface area contributed by atoms with E-state index in [0.717, 1.165) is 19.3 Å². The summed E-state index contributed by atoms with van der Waals surface area (Å²) in [5.74, 6) is -0.703. The summed E-state index contributed by atoms with van der Waals surface area (Å²) in [4.78, 5) is 25.2. The minimum absolute atomic E-state index is 0.0267. The first-order chi connectivity index (χ1) is 13.4. The van der Waals surface area contributed by atoms with Gasteiger partial charge in [-0.15, -0.1) is 0 Å². The van der Waals surface area contributed by atoms with Crippen LogP contribution in [0.5, 0.6) is 0 Å². The number of esters is 1. The summed E-state index contributed by atoms with van der Waals surface area (Å²) in [6.45, 7) is 3.72. The lowest BCUT2D eigenvalue weighted by molar-refractivity contribution is -0.134. The molecule has 158 valence electrons. The van der Waals surface area contributed by atoms with Crippen molar-refractivity contribution in [3.63, 3.8) is 0 Å². The predicted molar refractivity (Wildman–Crippen MR) is 105 cm³/mol. The van der Waals surface area contributed by atoms with Crippen LogP contribution in [0.25, 0.3) is 0 Å². The van der Waals surface area contributed by atoms with E-state index in [0.29, 0.717) is 31.8 Å². The van der Waals surface area contributed by atoms with E-state index >= 15 is 0 Å². The average molecular weight is 417 g/mol. The topological polar surface area (TPSA) is 123 Å². The number of hydrazone groups is 1. The summed E-state index contributed by atoms with van der Waals surface area (Å²) in [7, 11) is 0. The predicted octanol–water partition coefficient (Wildman–Crippen LogP) is -0.0793. The van der Waals surface area contributed by atoms with E-state index in [2.05, 4.69) is 15.8 Å². The van der Waals surface area contributed by atoms with Gasteiger partial charge in [-0.05, 0) is 38.5 Å². The Labute approximate surface area is 169 Å². The highest BCUT2D eigenvalue weighted by molar-refractivity contribution is 6.81. The number of carbonyl (C=O) groups is 2. The van der Waals surface area contributed by atoms with Gasteiger partial charge in [0.2, 0.25) is 5.17 Å². The molecule has 10 heteroatoms. The molecule has 0 saturated heterocycles. The molecule has 2 rings (SSSR count). The van der Waals surface area contributed by atoms with Crippen molar-refractivity contribution in [1.82, 2.24) is 15.6 Å². The van der Waals surface area contributed by atoms with Crippen LogP contribution in [0.2, 0.25) is 0 Å². The fraction of sp³-hybridized carbons (Fsp3) is 0.722. The van der Waals surface area contributed by atoms with Gasteiger partial charge in [0.25, 0.3) is 5.91 Å². The van der Waals surface area contributed by atoms with Crippen molar-refractivity contribution in [2.45, 2.75) is 38.2 Å². The number of rotatable bonds is 12. The minimum atomic E-state index is -0.876. The van der Waals surface area contributed by atoms with E-state index < -0.39 is 11.6 Å². The first kappa shape index (κ1) is 22.4. The van der Waals surface area contributed by atoms with Crippen LogP contribution in [0.4, 0.5) is 0 Å². The Morgan fingerprint density at radius 1 is 1.54 bits per heavy atom. The number of amides is 1. The van der Waals surface area contributed by atoms with Crippen molar-refractivity contribution in [3.05, 3.63) is 11.8 Å². The third-order valence-electron chi connectivity index (χ3n) is 4.90. The Hall–Kier alpha value is -1.84. The molecule has 9 nitrogen and oxygen atoms in total. The van der Waals surface area contributed by atoms with E-state index in [9.17, 15) is 19.8 Å². The zero-order valence-corrected chi connectivity index (χ0v) is 16.9. The van der Waals surface area contributed by atoms with Crippen LogP contribution in [0.15, 0.2) is 16.9 Å². The Morgan fingerprint density at radius 3 is 3.00 bits per heavy atom. The summed E-state index contributed by atoms with van der Waals surface area (Å²) in [6, 6.07) is 0. The molecular formula is C18H29ClN4O5. The van der Waals surface area contributed by atoms with Gasteiger partial charge in [0.1, 0.15) is 0 Å². The molecule has 0 spiro atoms. The SMILES string of the molecule is CCOC(=O)/C(Cl)=N/NCC1(O)CC1CCCN(CCO)C1=CCCNC1=O. The maximum Gasteiger partial charge on any atom is 0.370 e. The molecule has 0 bridgehead atoms. The molecule has 1 aliphatic heterocycles. The smallest absolute Gasteiger partial charge is 0.370 e. The number of hydrogen-bond acceptors (Lipinski definition) is 8. The van der Waals surface area contributed by atoms with E-state index in [1.807, 2.05) is 11.0 Å². The second kappa shape index (κ2) is 10.6. The van der Waals surface area contributed by atoms with Crippen molar-refractivity contribution in [2.75, 3.05) is 39.4 Å². The molecule has 1 heterocycles. The molecule has 2 unspecified atom stereocenters. The van der Waals surface area contributed by atoms with Gasteiger partial charge in [-0.2, -0.15) is 5.10 Å². The van der Waals surface area contributed by atoms with Crippen molar-refractivity contribution in [3.8, 4) is 0 Å². The van der Waals surface area contributed by atoms with Crippen molar-refractivity contribution >= 4 is 28.6 Å². The number of aliphatic hydroxyl groups excluding tert-OH is 1. The molecule has 4 N–H and O–H groups in total. The molecule has 2 aliphatic rings. The summed E-state index contributed by atoms with van der Waals surface area (Å²) < 4.78 is 4.72. The molecule has 0 aromatic heterocycles. The quantitative estimate of drug-likeness (QED) is 0.199. The summed E-state index contributed by atoms with van der Waals surface area (Å²) in [6.07, 6.45) is 4.88. The highest BCUT2D eigenvalue weighted by atomic mass is 35.5. The van der Waals surface area contributed by atoms with Crippen LogP contribution in [-0.4, -0.2) is 77.2 Å². The van der Waals surface area contributed by atoms with Crippen LogP contribution >= 0.6 is 11.6 Å². The van der Waals surface area contributed by atoms with Gasteiger partial charge in [-0.1, -0.05) is 17.7 Å².